The maximum atomic E-state index is 2.45. The number of fused-ring (bicyclic) bond motifs is 7. The Morgan fingerprint density at radius 2 is 1.08 bits per heavy atom. The highest BCUT2D eigenvalue weighted by atomic mass is 15.0. The SMILES string of the molecule is c1ccc(-n2ccc3ccc4c5ccccc5n(-c5ccc6cc7ccccc7cc6c5)c4c32)cc1. The zero-order valence-corrected chi connectivity index (χ0v) is 19.6. The van der Waals surface area contributed by atoms with Crippen LogP contribution in [0.3, 0.4) is 0 Å². The van der Waals surface area contributed by atoms with Gasteiger partial charge in [0.15, 0.2) is 0 Å². The molecule has 0 aliphatic carbocycles. The fourth-order valence-corrected chi connectivity index (χ4v) is 5.81. The van der Waals surface area contributed by atoms with Gasteiger partial charge in [0.25, 0.3) is 0 Å². The Balaban J connectivity index is 1.51. The molecular formula is C34H22N2. The summed E-state index contributed by atoms with van der Waals surface area (Å²) in [7, 11) is 0. The topological polar surface area (TPSA) is 9.86 Å². The highest BCUT2D eigenvalue weighted by Crippen LogP contribution is 2.38. The Bertz CT molecular complexity index is 2090. The molecule has 168 valence electrons. The van der Waals surface area contributed by atoms with Crippen molar-refractivity contribution in [2.45, 2.75) is 0 Å². The van der Waals surface area contributed by atoms with Crippen LogP contribution in [0.25, 0.3) is 65.6 Å². The quantitative estimate of drug-likeness (QED) is 0.229. The molecule has 0 radical (unpaired) electrons. The Morgan fingerprint density at radius 3 is 1.94 bits per heavy atom. The lowest BCUT2D eigenvalue weighted by Crippen LogP contribution is -1.98. The molecule has 2 heteroatoms. The van der Waals surface area contributed by atoms with Crippen LogP contribution in [0.1, 0.15) is 0 Å². The van der Waals surface area contributed by atoms with Crippen molar-refractivity contribution in [3.8, 4) is 11.4 Å². The summed E-state index contributed by atoms with van der Waals surface area (Å²) in [5, 5.41) is 8.84. The predicted octanol–water partition coefficient (Wildman–Crippen LogP) is 9.03. The van der Waals surface area contributed by atoms with Crippen molar-refractivity contribution in [3.05, 3.63) is 134 Å². The van der Waals surface area contributed by atoms with Gasteiger partial charge >= 0.3 is 0 Å². The number of hydrogen-bond donors (Lipinski definition) is 0. The van der Waals surface area contributed by atoms with Gasteiger partial charge in [-0.05, 0) is 70.1 Å². The van der Waals surface area contributed by atoms with E-state index in [-0.39, 0.29) is 0 Å². The van der Waals surface area contributed by atoms with E-state index in [4.69, 9.17) is 0 Å². The minimum absolute atomic E-state index is 1.17. The van der Waals surface area contributed by atoms with Crippen LogP contribution in [0.15, 0.2) is 134 Å². The van der Waals surface area contributed by atoms with Gasteiger partial charge in [0, 0.05) is 33.7 Å². The summed E-state index contributed by atoms with van der Waals surface area (Å²) in [6, 6.07) is 46.2. The first-order chi connectivity index (χ1) is 17.8. The predicted molar refractivity (Wildman–Crippen MR) is 153 cm³/mol. The fourth-order valence-electron chi connectivity index (χ4n) is 5.81. The second-order valence-electron chi connectivity index (χ2n) is 9.50. The molecule has 36 heavy (non-hydrogen) atoms. The van der Waals surface area contributed by atoms with Gasteiger partial charge in [-0.1, -0.05) is 78.9 Å². The molecule has 2 nitrogen and oxygen atoms in total. The van der Waals surface area contributed by atoms with Gasteiger partial charge in [0.05, 0.1) is 16.6 Å². The molecule has 0 atom stereocenters. The summed E-state index contributed by atoms with van der Waals surface area (Å²) >= 11 is 0. The van der Waals surface area contributed by atoms with Crippen molar-refractivity contribution in [2.75, 3.05) is 0 Å². The summed E-state index contributed by atoms with van der Waals surface area (Å²) in [5.41, 5.74) is 6.04. The second kappa shape index (κ2) is 7.34. The fraction of sp³-hybridized carbons (Fsp3) is 0. The second-order valence-corrected chi connectivity index (χ2v) is 9.50. The van der Waals surface area contributed by atoms with Crippen molar-refractivity contribution in [1.82, 2.24) is 9.13 Å². The van der Waals surface area contributed by atoms with E-state index in [1.165, 1.54) is 65.6 Å². The molecule has 0 spiro atoms. The molecule has 0 N–H and O–H groups in total. The number of nitrogens with zero attached hydrogens (tertiary/aromatic N) is 2. The minimum atomic E-state index is 1.17. The Labute approximate surface area is 208 Å². The Kier molecular flexibility index (Phi) is 3.97. The highest BCUT2D eigenvalue weighted by molar-refractivity contribution is 6.18. The molecule has 0 fully saturated rings. The van der Waals surface area contributed by atoms with Crippen LogP contribution in [0, 0.1) is 0 Å². The first-order valence-corrected chi connectivity index (χ1v) is 12.4. The van der Waals surface area contributed by atoms with Crippen molar-refractivity contribution >= 4 is 54.3 Å². The minimum Gasteiger partial charge on any atom is -0.315 e. The van der Waals surface area contributed by atoms with Crippen LogP contribution in [0.2, 0.25) is 0 Å². The van der Waals surface area contributed by atoms with Crippen LogP contribution >= 0.6 is 0 Å². The lowest BCUT2D eigenvalue weighted by Gasteiger charge is -2.13. The summed E-state index contributed by atoms with van der Waals surface area (Å²) in [5.74, 6) is 0. The lowest BCUT2D eigenvalue weighted by molar-refractivity contribution is 1.12. The van der Waals surface area contributed by atoms with Crippen molar-refractivity contribution in [1.29, 1.82) is 0 Å². The van der Waals surface area contributed by atoms with E-state index in [0.717, 1.165) is 0 Å². The van der Waals surface area contributed by atoms with Gasteiger partial charge in [0.2, 0.25) is 0 Å². The summed E-state index contributed by atoms with van der Waals surface area (Å²) in [6.45, 7) is 0. The molecule has 2 heterocycles. The average Bonchev–Trinajstić information content (AvgIpc) is 3.51. The first-order valence-electron chi connectivity index (χ1n) is 12.4. The Hall–Kier alpha value is -4.82. The van der Waals surface area contributed by atoms with E-state index in [1.54, 1.807) is 0 Å². The van der Waals surface area contributed by atoms with E-state index in [1.807, 2.05) is 0 Å². The monoisotopic (exact) mass is 458 g/mol. The average molecular weight is 459 g/mol. The third kappa shape index (κ3) is 2.73. The number of benzene rings is 6. The van der Waals surface area contributed by atoms with Crippen LogP contribution in [0.4, 0.5) is 0 Å². The Morgan fingerprint density at radius 1 is 0.389 bits per heavy atom. The highest BCUT2D eigenvalue weighted by Gasteiger charge is 2.18. The number of hydrogen-bond acceptors (Lipinski definition) is 0. The largest absolute Gasteiger partial charge is 0.315 e. The third-order valence-electron chi connectivity index (χ3n) is 7.47. The molecule has 0 bridgehead atoms. The van der Waals surface area contributed by atoms with E-state index < -0.39 is 0 Å². The van der Waals surface area contributed by atoms with Crippen LogP contribution in [-0.2, 0) is 0 Å². The lowest BCUT2D eigenvalue weighted by atomic mass is 10.0. The van der Waals surface area contributed by atoms with E-state index in [0.29, 0.717) is 0 Å². The van der Waals surface area contributed by atoms with Crippen molar-refractivity contribution in [3.63, 3.8) is 0 Å². The standard InChI is InChI=1S/C34H22N2/c1-2-10-28(11-3-1)35-19-18-23-15-17-31-30-12-6-7-13-32(30)36(34(31)33(23)35)29-16-14-26-20-24-8-4-5-9-25(24)21-27(26)22-29/h1-22H. The molecule has 0 aliphatic heterocycles. The van der Waals surface area contributed by atoms with Gasteiger partial charge in [0.1, 0.15) is 0 Å². The third-order valence-corrected chi connectivity index (χ3v) is 7.47. The molecule has 0 aliphatic rings. The van der Waals surface area contributed by atoms with E-state index in [2.05, 4.69) is 143 Å². The van der Waals surface area contributed by atoms with Gasteiger partial charge in [-0.25, -0.2) is 0 Å². The summed E-state index contributed by atoms with van der Waals surface area (Å²) in [4.78, 5) is 0. The summed E-state index contributed by atoms with van der Waals surface area (Å²) in [6.07, 6.45) is 2.19. The van der Waals surface area contributed by atoms with Gasteiger partial charge in [-0.2, -0.15) is 0 Å². The molecule has 0 unspecified atom stereocenters. The van der Waals surface area contributed by atoms with Crippen molar-refractivity contribution in [2.24, 2.45) is 0 Å². The van der Waals surface area contributed by atoms with Crippen LogP contribution in [-0.4, -0.2) is 9.13 Å². The summed E-state index contributed by atoms with van der Waals surface area (Å²) < 4.78 is 4.77. The molecule has 0 amide bonds. The number of para-hydroxylation sites is 2. The van der Waals surface area contributed by atoms with Gasteiger partial charge < -0.3 is 9.13 Å². The van der Waals surface area contributed by atoms with Crippen LogP contribution in [0.5, 0.6) is 0 Å². The molecule has 6 aromatic carbocycles. The molecule has 2 aromatic heterocycles. The maximum Gasteiger partial charge on any atom is 0.0788 e. The normalized spacial score (nSPS) is 11.9. The molecule has 0 saturated heterocycles. The molecule has 8 rings (SSSR count). The number of rotatable bonds is 2. The molecule has 0 saturated carbocycles. The zero-order valence-electron chi connectivity index (χ0n) is 19.6. The molecule has 8 aromatic rings. The van der Waals surface area contributed by atoms with Gasteiger partial charge in [-0.15, -0.1) is 0 Å². The van der Waals surface area contributed by atoms with Gasteiger partial charge in [-0.3, -0.25) is 0 Å². The first kappa shape index (κ1) is 19.5. The maximum absolute atomic E-state index is 2.45. The van der Waals surface area contributed by atoms with Crippen LogP contribution < -0.4 is 0 Å². The van der Waals surface area contributed by atoms with E-state index >= 15 is 0 Å². The van der Waals surface area contributed by atoms with Crippen molar-refractivity contribution < 1.29 is 0 Å². The van der Waals surface area contributed by atoms with E-state index in [9.17, 15) is 0 Å². The zero-order chi connectivity index (χ0) is 23.6. The number of aromatic nitrogens is 2. The molecular weight excluding hydrogens is 436 g/mol. The smallest absolute Gasteiger partial charge is 0.0788 e.